The first kappa shape index (κ1) is 11.7. The molecular weight excluding hydrogens is 216 g/mol. The van der Waals surface area contributed by atoms with Crippen LogP contribution in [-0.2, 0) is 0 Å². The first-order valence-corrected chi connectivity index (χ1v) is 5.84. The number of anilines is 2. The number of nitrogens with zero attached hydrogens (tertiary/aromatic N) is 2. The van der Waals surface area contributed by atoms with Crippen LogP contribution < -0.4 is 16.4 Å². The number of hydrogen-bond acceptors (Lipinski definition) is 4. The Kier molecular flexibility index (Phi) is 3.17. The third-order valence-corrected chi connectivity index (χ3v) is 3.27. The van der Waals surface area contributed by atoms with Gasteiger partial charge in [-0.15, -0.1) is 0 Å². The van der Waals surface area contributed by atoms with Crippen molar-refractivity contribution in [1.82, 2.24) is 4.98 Å². The predicted molar refractivity (Wildman–Crippen MR) is 67.8 cm³/mol. The summed E-state index contributed by atoms with van der Waals surface area (Å²) in [5, 5.41) is 0. The fraction of sp³-hybridized carbons (Fsp3) is 0.500. The van der Waals surface area contributed by atoms with Crippen LogP contribution in [0.2, 0.25) is 0 Å². The van der Waals surface area contributed by atoms with Gasteiger partial charge < -0.3 is 16.4 Å². The average Bonchev–Trinajstić information content (AvgIpc) is 2.23. The molecule has 92 valence electrons. The molecule has 4 N–H and O–H groups in total. The summed E-state index contributed by atoms with van der Waals surface area (Å²) < 4.78 is 0. The van der Waals surface area contributed by atoms with Crippen LogP contribution in [0.1, 0.15) is 29.6 Å². The number of carbonyl (C=O) groups is 1. The molecule has 1 aromatic heterocycles. The first-order chi connectivity index (χ1) is 8.08. The zero-order valence-electron chi connectivity index (χ0n) is 10.0. The molecule has 0 saturated heterocycles. The maximum absolute atomic E-state index is 11.3. The lowest BCUT2D eigenvalue weighted by atomic mass is 9.85. The van der Waals surface area contributed by atoms with Crippen molar-refractivity contribution in [1.29, 1.82) is 0 Å². The maximum atomic E-state index is 11.3. The molecule has 0 unspecified atom stereocenters. The monoisotopic (exact) mass is 234 g/mol. The van der Waals surface area contributed by atoms with E-state index < -0.39 is 5.91 Å². The molecule has 1 saturated carbocycles. The van der Waals surface area contributed by atoms with Crippen molar-refractivity contribution < 1.29 is 4.79 Å². The molecule has 1 aliphatic rings. The van der Waals surface area contributed by atoms with E-state index in [-0.39, 0.29) is 0 Å². The molecule has 5 nitrogen and oxygen atoms in total. The summed E-state index contributed by atoms with van der Waals surface area (Å²) in [7, 11) is 1.93. The second-order valence-corrected chi connectivity index (χ2v) is 4.68. The molecule has 1 aliphatic carbocycles. The predicted octanol–water partition coefficient (Wildman–Crippen LogP) is 0.999. The maximum Gasteiger partial charge on any atom is 0.252 e. The molecule has 1 aromatic rings. The smallest absolute Gasteiger partial charge is 0.252 e. The number of rotatable bonds is 4. The van der Waals surface area contributed by atoms with E-state index in [9.17, 15) is 4.79 Å². The van der Waals surface area contributed by atoms with Gasteiger partial charge in [0.15, 0.2) is 0 Å². The molecule has 0 bridgehead atoms. The summed E-state index contributed by atoms with van der Waals surface area (Å²) in [4.78, 5) is 17.5. The molecule has 5 heteroatoms. The highest BCUT2D eigenvalue weighted by Crippen LogP contribution is 2.29. The summed E-state index contributed by atoms with van der Waals surface area (Å²) >= 11 is 0. The largest absolute Gasteiger partial charge is 0.397 e. The highest BCUT2D eigenvalue weighted by molar-refractivity contribution is 5.98. The molecule has 0 radical (unpaired) electrons. The number of nitrogen functional groups attached to an aromatic ring is 1. The summed E-state index contributed by atoms with van der Waals surface area (Å²) in [6.45, 7) is 0.914. The molecule has 2 rings (SSSR count). The second-order valence-electron chi connectivity index (χ2n) is 4.68. The molecule has 0 spiro atoms. The highest BCUT2D eigenvalue weighted by atomic mass is 16.1. The van der Waals surface area contributed by atoms with E-state index in [2.05, 4.69) is 4.98 Å². The Hall–Kier alpha value is -1.78. The van der Waals surface area contributed by atoms with E-state index in [0.29, 0.717) is 23.0 Å². The first-order valence-electron chi connectivity index (χ1n) is 5.84. The number of aromatic nitrogens is 1. The van der Waals surface area contributed by atoms with E-state index in [1.165, 1.54) is 19.3 Å². The molecular formula is C12H18N4O. The molecule has 1 fully saturated rings. The van der Waals surface area contributed by atoms with Crippen LogP contribution in [0.15, 0.2) is 12.3 Å². The summed E-state index contributed by atoms with van der Waals surface area (Å²) in [6.07, 6.45) is 5.37. The number of carbonyl (C=O) groups excluding carboxylic acids is 1. The fourth-order valence-corrected chi connectivity index (χ4v) is 2.11. The zero-order chi connectivity index (χ0) is 12.4. The third-order valence-electron chi connectivity index (χ3n) is 3.27. The summed E-state index contributed by atoms with van der Waals surface area (Å²) in [5.41, 5.74) is 11.8. The minimum atomic E-state index is -0.486. The van der Waals surface area contributed by atoms with Crippen molar-refractivity contribution >= 4 is 17.4 Å². The minimum absolute atomic E-state index is 0.395. The topological polar surface area (TPSA) is 85.2 Å². The fourth-order valence-electron chi connectivity index (χ4n) is 2.11. The van der Waals surface area contributed by atoms with Crippen molar-refractivity contribution in [3.63, 3.8) is 0 Å². The summed E-state index contributed by atoms with van der Waals surface area (Å²) in [5.74, 6) is 0.846. The number of nitrogens with two attached hydrogens (primary N) is 2. The zero-order valence-corrected chi connectivity index (χ0v) is 10.0. The molecule has 0 aromatic carbocycles. The van der Waals surface area contributed by atoms with Crippen molar-refractivity contribution in [3.8, 4) is 0 Å². The number of pyridine rings is 1. The number of hydrogen-bond donors (Lipinski definition) is 2. The Labute approximate surface area is 101 Å². The quantitative estimate of drug-likeness (QED) is 0.813. The normalized spacial score (nSPS) is 15.4. The Morgan fingerprint density at radius 2 is 2.29 bits per heavy atom. The SMILES string of the molecule is CN(CC1CCC1)c1ncc(N)cc1C(N)=O. The Morgan fingerprint density at radius 1 is 1.59 bits per heavy atom. The lowest BCUT2D eigenvalue weighted by Gasteiger charge is -2.31. The van der Waals surface area contributed by atoms with E-state index in [1.807, 2.05) is 11.9 Å². The van der Waals surface area contributed by atoms with Gasteiger partial charge in [0.2, 0.25) is 0 Å². The van der Waals surface area contributed by atoms with Gasteiger partial charge in [0.25, 0.3) is 5.91 Å². The van der Waals surface area contributed by atoms with E-state index in [1.54, 1.807) is 12.3 Å². The summed E-state index contributed by atoms with van der Waals surface area (Å²) in [6, 6.07) is 1.59. The van der Waals surface area contributed by atoms with Crippen LogP contribution in [0.25, 0.3) is 0 Å². The third kappa shape index (κ3) is 2.49. The van der Waals surface area contributed by atoms with E-state index in [0.717, 1.165) is 6.54 Å². The Bertz CT molecular complexity index is 429. The van der Waals surface area contributed by atoms with Crippen molar-refractivity contribution in [2.24, 2.45) is 11.7 Å². The van der Waals surface area contributed by atoms with Gasteiger partial charge in [-0.2, -0.15) is 0 Å². The van der Waals surface area contributed by atoms with Crippen molar-refractivity contribution in [3.05, 3.63) is 17.8 Å². The van der Waals surface area contributed by atoms with Gasteiger partial charge in [0, 0.05) is 13.6 Å². The Morgan fingerprint density at radius 3 is 2.82 bits per heavy atom. The average molecular weight is 234 g/mol. The molecule has 1 heterocycles. The standard InChI is InChI=1S/C12H18N4O/c1-16(7-8-3-2-4-8)12-10(11(14)17)5-9(13)6-15-12/h5-6,8H,2-4,7,13H2,1H3,(H2,14,17). The van der Waals surface area contributed by atoms with Gasteiger partial charge in [-0.25, -0.2) is 4.98 Å². The second kappa shape index (κ2) is 4.61. The van der Waals surface area contributed by atoms with Crippen LogP contribution in [0.3, 0.4) is 0 Å². The van der Waals surface area contributed by atoms with Crippen LogP contribution in [0, 0.1) is 5.92 Å². The highest BCUT2D eigenvalue weighted by Gasteiger charge is 2.22. The molecule has 17 heavy (non-hydrogen) atoms. The number of amides is 1. The van der Waals surface area contributed by atoms with Gasteiger partial charge in [0.1, 0.15) is 5.82 Å². The van der Waals surface area contributed by atoms with Crippen molar-refractivity contribution in [2.45, 2.75) is 19.3 Å². The number of primary amides is 1. The lowest BCUT2D eigenvalue weighted by Crippen LogP contribution is -2.31. The van der Waals surface area contributed by atoms with E-state index >= 15 is 0 Å². The minimum Gasteiger partial charge on any atom is -0.397 e. The van der Waals surface area contributed by atoms with E-state index in [4.69, 9.17) is 11.5 Å². The van der Waals surface area contributed by atoms with Crippen LogP contribution in [0.5, 0.6) is 0 Å². The van der Waals surface area contributed by atoms with Gasteiger partial charge in [-0.05, 0) is 24.8 Å². The lowest BCUT2D eigenvalue weighted by molar-refractivity contribution is 0.100. The molecule has 0 atom stereocenters. The van der Waals surface area contributed by atoms with Gasteiger partial charge in [-0.3, -0.25) is 4.79 Å². The van der Waals surface area contributed by atoms with Crippen molar-refractivity contribution in [2.75, 3.05) is 24.2 Å². The van der Waals surface area contributed by atoms with Crippen LogP contribution in [-0.4, -0.2) is 24.5 Å². The van der Waals surface area contributed by atoms with Gasteiger partial charge >= 0.3 is 0 Å². The van der Waals surface area contributed by atoms with Gasteiger partial charge in [-0.1, -0.05) is 6.42 Å². The molecule has 1 amide bonds. The Balaban J connectivity index is 2.20. The van der Waals surface area contributed by atoms with Crippen LogP contribution >= 0.6 is 0 Å². The van der Waals surface area contributed by atoms with Crippen LogP contribution in [0.4, 0.5) is 11.5 Å². The van der Waals surface area contributed by atoms with Gasteiger partial charge in [0.05, 0.1) is 17.4 Å². The molecule has 0 aliphatic heterocycles.